The Hall–Kier alpha value is -4.71. The van der Waals surface area contributed by atoms with E-state index in [1.54, 1.807) is 42.6 Å². The molecule has 190 valence electrons. The maximum Gasteiger partial charge on any atom is 0.300 e. The number of nitrogens with zero attached hydrogens (tertiary/aromatic N) is 2. The Morgan fingerprint density at radius 1 is 0.868 bits per heavy atom. The summed E-state index contributed by atoms with van der Waals surface area (Å²) in [6.45, 7) is 6.23. The number of aliphatic hydroxyl groups excluding tert-OH is 1. The van der Waals surface area contributed by atoms with E-state index in [1.807, 2.05) is 69.3 Å². The number of benzene rings is 3. The SMILES string of the molecule is Cc1ccc(N2C(=O)C(=O)/C(=C(/O)c3ccc(OCc4ccccc4)c(C)c3)C2c2ccccn2)cc1C. The van der Waals surface area contributed by atoms with E-state index >= 15 is 0 Å². The van der Waals surface area contributed by atoms with Crippen molar-refractivity contribution in [2.45, 2.75) is 33.4 Å². The standard InChI is InChI=1S/C32H28N2O4/c1-20-12-14-25(18-21(20)2)34-29(26-11-7-8-16-33-26)28(31(36)32(34)37)30(35)24-13-15-27(22(3)17-24)38-19-23-9-5-4-6-10-23/h4-18,29,35H,19H2,1-3H3/b30-28+. The fraction of sp³-hybridized carbons (Fsp3) is 0.156. The Labute approximate surface area is 221 Å². The first-order valence-electron chi connectivity index (χ1n) is 12.4. The van der Waals surface area contributed by atoms with Crippen molar-refractivity contribution in [1.29, 1.82) is 0 Å². The molecular weight excluding hydrogens is 476 g/mol. The van der Waals surface area contributed by atoms with E-state index in [-0.39, 0.29) is 11.3 Å². The van der Waals surface area contributed by atoms with Crippen LogP contribution in [0, 0.1) is 20.8 Å². The molecular formula is C32H28N2O4. The Kier molecular flexibility index (Phi) is 6.79. The first kappa shape index (κ1) is 25.0. The summed E-state index contributed by atoms with van der Waals surface area (Å²) in [7, 11) is 0. The number of amides is 1. The number of carbonyl (C=O) groups excluding carboxylic acids is 2. The number of aliphatic hydroxyl groups is 1. The molecule has 1 atom stereocenters. The summed E-state index contributed by atoms with van der Waals surface area (Å²) in [5.74, 6) is -1.03. The van der Waals surface area contributed by atoms with Gasteiger partial charge in [-0.05, 0) is 85.5 Å². The van der Waals surface area contributed by atoms with E-state index in [0.717, 1.165) is 22.3 Å². The van der Waals surface area contributed by atoms with Gasteiger partial charge in [0.25, 0.3) is 11.7 Å². The van der Waals surface area contributed by atoms with Crippen LogP contribution >= 0.6 is 0 Å². The zero-order valence-electron chi connectivity index (χ0n) is 21.5. The number of carbonyl (C=O) groups is 2. The third-order valence-corrected chi connectivity index (χ3v) is 6.87. The van der Waals surface area contributed by atoms with Gasteiger partial charge in [0, 0.05) is 17.4 Å². The summed E-state index contributed by atoms with van der Waals surface area (Å²) < 4.78 is 5.97. The van der Waals surface area contributed by atoms with Crippen molar-refractivity contribution in [2.24, 2.45) is 0 Å². The summed E-state index contributed by atoms with van der Waals surface area (Å²) >= 11 is 0. The number of rotatable bonds is 6. The van der Waals surface area contributed by atoms with Crippen molar-refractivity contribution in [2.75, 3.05) is 4.90 Å². The van der Waals surface area contributed by atoms with Crippen LogP contribution in [-0.2, 0) is 16.2 Å². The molecule has 4 aromatic rings. The highest BCUT2D eigenvalue weighted by Gasteiger charge is 2.47. The van der Waals surface area contributed by atoms with Gasteiger partial charge in [-0.25, -0.2) is 0 Å². The smallest absolute Gasteiger partial charge is 0.300 e. The Bertz CT molecular complexity index is 1540. The van der Waals surface area contributed by atoms with Crippen LogP contribution in [0.3, 0.4) is 0 Å². The largest absolute Gasteiger partial charge is 0.507 e. The lowest BCUT2D eigenvalue weighted by molar-refractivity contribution is -0.132. The van der Waals surface area contributed by atoms with Gasteiger partial charge in [0.05, 0.1) is 11.3 Å². The lowest BCUT2D eigenvalue weighted by Gasteiger charge is -2.25. The van der Waals surface area contributed by atoms with Crippen molar-refractivity contribution < 1.29 is 19.4 Å². The molecule has 1 aromatic heterocycles. The average molecular weight is 505 g/mol. The van der Waals surface area contributed by atoms with E-state index in [9.17, 15) is 14.7 Å². The number of anilines is 1. The fourth-order valence-corrected chi connectivity index (χ4v) is 4.64. The highest BCUT2D eigenvalue weighted by molar-refractivity contribution is 6.51. The van der Waals surface area contributed by atoms with Crippen LogP contribution in [0.5, 0.6) is 5.75 Å². The fourth-order valence-electron chi connectivity index (χ4n) is 4.64. The first-order chi connectivity index (χ1) is 18.3. The molecule has 1 unspecified atom stereocenters. The molecule has 6 heteroatoms. The Morgan fingerprint density at radius 2 is 1.63 bits per heavy atom. The molecule has 1 aliphatic heterocycles. The number of Topliss-reactive ketones (excluding diaryl/α,β-unsaturated/α-hetero) is 1. The number of aryl methyl sites for hydroxylation is 3. The molecule has 1 fully saturated rings. The predicted octanol–water partition coefficient (Wildman–Crippen LogP) is 6.21. The molecule has 1 amide bonds. The molecule has 1 aliphatic rings. The van der Waals surface area contributed by atoms with Gasteiger partial charge in [0.1, 0.15) is 24.2 Å². The highest BCUT2D eigenvalue weighted by atomic mass is 16.5. The lowest BCUT2D eigenvalue weighted by Crippen LogP contribution is -2.29. The molecule has 1 N–H and O–H groups in total. The predicted molar refractivity (Wildman–Crippen MR) is 147 cm³/mol. The summed E-state index contributed by atoms with van der Waals surface area (Å²) in [4.78, 5) is 32.6. The Morgan fingerprint density at radius 3 is 2.32 bits per heavy atom. The molecule has 6 nitrogen and oxygen atoms in total. The number of ether oxygens (including phenoxy) is 1. The minimum Gasteiger partial charge on any atom is -0.507 e. The Balaban J connectivity index is 1.55. The zero-order valence-corrected chi connectivity index (χ0v) is 21.5. The third-order valence-electron chi connectivity index (χ3n) is 6.87. The van der Waals surface area contributed by atoms with Gasteiger partial charge >= 0.3 is 0 Å². The second kappa shape index (κ2) is 10.3. The number of ketones is 1. The van der Waals surface area contributed by atoms with E-state index in [1.165, 1.54) is 4.90 Å². The molecule has 1 saturated heterocycles. The minimum atomic E-state index is -0.868. The van der Waals surface area contributed by atoms with Crippen molar-refractivity contribution in [3.05, 3.63) is 130 Å². The summed E-state index contributed by atoms with van der Waals surface area (Å²) in [6.07, 6.45) is 1.61. The van der Waals surface area contributed by atoms with Gasteiger partial charge in [-0.15, -0.1) is 0 Å². The number of hydrogen-bond acceptors (Lipinski definition) is 5. The van der Waals surface area contributed by atoms with Crippen LogP contribution in [0.2, 0.25) is 0 Å². The molecule has 0 radical (unpaired) electrons. The van der Waals surface area contributed by atoms with Crippen LogP contribution in [0.4, 0.5) is 5.69 Å². The third kappa shape index (κ3) is 4.68. The van der Waals surface area contributed by atoms with Gasteiger partial charge < -0.3 is 9.84 Å². The molecule has 0 spiro atoms. The van der Waals surface area contributed by atoms with Crippen LogP contribution in [0.25, 0.3) is 5.76 Å². The zero-order chi connectivity index (χ0) is 26.8. The number of pyridine rings is 1. The normalized spacial score (nSPS) is 16.6. The van der Waals surface area contributed by atoms with Crippen LogP contribution in [0.15, 0.2) is 96.7 Å². The second-order valence-corrected chi connectivity index (χ2v) is 9.45. The van der Waals surface area contributed by atoms with E-state index in [0.29, 0.717) is 29.3 Å². The molecule has 0 saturated carbocycles. The van der Waals surface area contributed by atoms with Gasteiger partial charge in [-0.3, -0.25) is 19.5 Å². The van der Waals surface area contributed by atoms with E-state index in [4.69, 9.17) is 4.74 Å². The molecule has 38 heavy (non-hydrogen) atoms. The van der Waals surface area contributed by atoms with Crippen LogP contribution in [0.1, 0.15) is 39.6 Å². The molecule has 3 aromatic carbocycles. The van der Waals surface area contributed by atoms with Crippen molar-refractivity contribution in [3.8, 4) is 5.75 Å². The lowest BCUT2D eigenvalue weighted by atomic mass is 9.97. The molecule has 0 aliphatic carbocycles. The van der Waals surface area contributed by atoms with Gasteiger partial charge in [-0.1, -0.05) is 42.5 Å². The average Bonchev–Trinajstić information content (AvgIpc) is 3.20. The van der Waals surface area contributed by atoms with E-state index in [2.05, 4.69) is 4.98 Å². The van der Waals surface area contributed by atoms with Gasteiger partial charge in [0.15, 0.2) is 0 Å². The van der Waals surface area contributed by atoms with Crippen molar-refractivity contribution in [3.63, 3.8) is 0 Å². The molecule has 2 heterocycles. The summed E-state index contributed by atoms with van der Waals surface area (Å²) in [5.41, 5.74) is 5.40. The monoisotopic (exact) mass is 504 g/mol. The topological polar surface area (TPSA) is 79.7 Å². The summed E-state index contributed by atoms with van der Waals surface area (Å²) in [5, 5.41) is 11.4. The first-order valence-corrected chi connectivity index (χ1v) is 12.4. The van der Waals surface area contributed by atoms with Gasteiger partial charge in [0.2, 0.25) is 0 Å². The number of aromatic nitrogens is 1. The maximum atomic E-state index is 13.4. The summed E-state index contributed by atoms with van der Waals surface area (Å²) in [6, 6.07) is 25.1. The van der Waals surface area contributed by atoms with Crippen molar-refractivity contribution in [1.82, 2.24) is 4.98 Å². The maximum absolute atomic E-state index is 13.4. The highest BCUT2D eigenvalue weighted by Crippen LogP contribution is 2.42. The van der Waals surface area contributed by atoms with Gasteiger partial charge in [-0.2, -0.15) is 0 Å². The van der Waals surface area contributed by atoms with Crippen LogP contribution in [-0.4, -0.2) is 21.8 Å². The molecule has 5 rings (SSSR count). The molecule has 0 bridgehead atoms. The number of hydrogen-bond donors (Lipinski definition) is 1. The minimum absolute atomic E-state index is 0.00396. The van der Waals surface area contributed by atoms with E-state index < -0.39 is 17.7 Å². The second-order valence-electron chi connectivity index (χ2n) is 9.45. The quantitative estimate of drug-likeness (QED) is 0.192. The van der Waals surface area contributed by atoms with Crippen molar-refractivity contribution >= 4 is 23.1 Å². The van der Waals surface area contributed by atoms with Crippen LogP contribution < -0.4 is 9.64 Å².